The highest BCUT2D eigenvalue weighted by Crippen LogP contribution is 2.27. The Hall–Kier alpha value is -1.38. The lowest BCUT2D eigenvalue weighted by molar-refractivity contribution is 0.112. The number of aryl methyl sites for hydroxylation is 1. The molecule has 0 aliphatic carbocycles. The predicted molar refractivity (Wildman–Crippen MR) is 71.7 cm³/mol. The first-order valence-electron chi connectivity index (χ1n) is 5.92. The SMILES string of the molecule is Cc1cc(C=O)cnc1N(C)C(C)C(C)(C)C. The van der Waals surface area contributed by atoms with E-state index in [2.05, 4.69) is 37.6 Å². The summed E-state index contributed by atoms with van der Waals surface area (Å²) in [7, 11) is 2.05. The van der Waals surface area contributed by atoms with Gasteiger partial charge >= 0.3 is 0 Å². The fourth-order valence-corrected chi connectivity index (χ4v) is 1.79. The normalized spacial score (nSPS) is 13.3. The van der Waals surface area contributed by atoms with Gasteiger partial charge in [-0.1, -0.05) is 20.8 Å². The zero-order valence-corrected chi connectivity index (χ0v) is 11.6. The monoisotopic (exact) mass is 234 g/mol. The van der Waals surface area contributed by atoms with E-state index in [1.165, 1.54) is 0 Å². The minimum Gasteiger partial charge on any atom is -0.356 e. The molecule has 0 bridgehead atoms. The standard InChI is InChI=1S/C14H22N2O/c1-10-7-12(9-17)8-15-13(10)16(6)11(2)14(3,4)5/h7-9,11H,1-6H3. The van der Waals surface area contributed by atoms with Gasteiger partial charge in [0.15, 0.2) is 6.29 Å². The molecule has 0 amide bonds. The molecule has 94 valence electrons. The Bertz CT molecular complexity index is 407. The number of anilines is 1. The third kappa shape index (κ3) is 3.05. The maximum absolute atomic E-state index is 10.7. The van der Waals surface area contributed by atoms with Gasteiger partial charge in [0.2, 0.25) is 0 Å². The molecule has 0 saturated carbocycles. The number of carbonyl (C=O) groups is 1. The Morgan fingerprint density at radius 2 is 2.00 bits per heavy atom. The van der Waals surface area contributed by atoms with Gasteiger partial charge in [-0.25, -0.2) is 4.98 Å². The van der Waals surface area contributed by atoms with E-state index < -0.39 is 0 Å². The van der Waals surface area contributed by atoms with Crippen LogP contribution in [0.15, 0.2) is 12.3 Å². The lowest BCUT2D eigenvalue weighted by Crippen LogP contribution is -2.40. The van der Waals surface area contributed by atoms with Gasteiger partial charge < -0.3 is 4.90 Å². The van der Waals surface area contributed by atoms with Gasteiger partial charge in [-0.05, 0) is 30.9 Å². The molecule has 0 spiro atoms. The van der Waals surface area contributed by atoms with Crippen molar-refractivity contribution < 1.29 is 4.79 Å². The van der Waals surface area contributed by atoms with Crippen molar-refractivity contribution in [1.29, 1.82) is 0 Å². The van der Waals surface area contributed by atoms with Crippen molar-refractivity contribution in [2.24, 2.45) is 5.41 Å². The van der Waals surface area contributed by atoms with Crippen LogP contribution in [0.2, 0.25) is 0 Å². The van der Waals surface area contributed by atoms with Crippen LogP contribution < -0.4 is 4.90 Å². The van der Waals surface area contributed by atoms with Gasteiger partial charge in [0.25, 0.3) is 0 Å². The van der Waals surface area contributed by atoms with E-state index in [9.17, 15) is 4.79 Å². The first-order chi connectivity index (χ1) is 7.77. The summed E-state index contributed by atoms with van der Waals surface area (Å²) in [5.74, 6) is 0.943. The minimum atomic E-state index is 0.187. The summed E-state index contributed by atoms with van der Waals surface area (Å²) >= 11 is 0. The molecule has 1 aromatic heterocycles. The van der Waals surface area contributed by atoms with Crippen molar-refractivity contribution >= 4 is 12.1 Å². The van der Waals surface area contributed by atoms with E-state index in [0.717, 1.165) is 17.7 Å². The summed E-state index contributed by atoms with van der Waals surface area (Å²) in [5.41, 5.74) is 1.85. The summed E-state index contributed by atoms with van der Waals surface area (Å²) in [6.45, 7) is 10.8. The molecule has 1 atom stereocenters. The van der Waals surface area contributed by atoms with Crippen molar-refractivity contribution in [3.63, 3.8) is 0 Å². The first-order valence-corrected chi connectivity index (χ1v) is 5.92. The summed E-state index contributed by atoms with van der Waals surface area (Å²) < 4.78 is 0. The molecule has 1 rings (SSSR count). The van der Waals surface area contributed by atoms with Crippen molar-refractivity contribution in [3.8, 4) is 0 Å². The highest BCUT2D eigenvalue weighted by atomic mass is 16.1. The Balaban J connectivity index is 3.04. The highest BCUT2D eigenvalue weighted by molar-refractivity contribution is 5.75. The quantitative estimate of drug-likeness (QED) is 0.754. The second-order valence-corrected chi connectivity index (χ2v) is 5.68. The number of aldehydes is 1. The maximum Gasteiger partial charge on any atom is 0.151 e. The Morgan fingerprint density at radius 1 is 1.41 bits per heavy atom. The smallest absolute Gasteiger partial charge is 0.151 e. The number of aromatic nitrogens is 1. The van der Waals surface area contributed by atoms with E-state index in [-0.39, 0.29) is 5.41 Å². The maximum atomic E-state index is 10.7. The topological polar surface area (TPSA) is 33.2 Å². The molecule has 0 aromatic carbocycles. The number of rotatable bonds is 3. The molecule has 0 aliphatic rings. The van der Waals surface area contributed by atoms with Gasteiger partial charge in [0, 0.05) is 24.8 Å². The molecular formula is C14H22N2O. The molecule has 3 heteroatoms. The van der Waals surface area contributed by atoms with Crippen molar-refractivity contribution in [2.75, 3.05) is 11.9 Å². The number of hydrogen-bond donors (Lipinski definition) is 0. The third-order valence-corrected chi connectivity index (χ3v) is 3.38. The average Bonchev–Trinajstić information content (AvgIpc) is 2.25. The Labute approximate surface area is 104 Å². The van der Waals surface area contributed by atoms with Crippen LogP contribution in [0.1, 0.15) is 43.6 Å². The average molecular weight is 234 g/mol. The molecule has 0 N–H and O–H groups in total. The van der Waals surface area contributed by atoms with Crippen LogP contribution >= 0.6 is 0 Å². The Morgan fingerprint density at radius 3 is 2.41 bits per heavy atom. The fraction of sp³-hybridized carbons (Fsp3) is 0.571. The number of pyridine rings is 1. The molecule has 3 nitrogen and oxygen atoms in total. The predicted octanol–water partition coefficient (Wildman–Crippen LogP) is 3.07. The largest absolute Gasteiger partial charge is 0.356 e. The van der Waals surface area contributed by atoms with E-state index >= 15 is 0 Å². The number of carbonyl (C=O) groups excluding carboxylic acids is 1. The molecule has 1 unspecified atom stereocenters. The minimum absolute atomic E-state index is 0.187. The summed E-state index contributed by atoms with van der Waals surface area (Å²) in [6, 6.07) is 2.25. The molecule has 17 heavy (non-hydrogen) atoms. The first kappa shape index (κ1) is 13.7. The van der Waals surface area contributed by atoms with E-state index in [0.29, 0.717) is 11.6 Å². The Kier molecular flexibility index (Phi) is 3.91. The molecule has 0 radical (unpaired) electrons. The molecule has 0 saturated heterocycles. The lowest BCUT2D eigenvalue weighted by Gasteiger charge is -2.36. The summed E-state index contributed by atoms with van der Waals surface area (Å²) in [6.07, 6.45) is 2.46. The van der Waals surface area contributed by atoms with E-state index in [4.69, 9.17) is 0 Å². The van der Waals surface area contributed by atoms with Gasteiger partial charge in [0.1, 0.15) is 5.82 Å². The zero-order valence-electron chi connectivity index (χ0n) is 11.6. The van der Waals surface area contributed by atoms with E-state index in [1.54, 1.807) is 6.20 Å². The molecule has 1 heterocycles. The number of nitrogens with zero attached hydrogens (tertiary/aromatic N) is 2. The highest BCUT2D eigenvalue weighted by Gasteiger charge is 2.25. The van der Waals surface area contributed by atoms with Crippen LogP contribution in [0.4, 0.5) is 5.82 Å². The molecule has 0 aliphatic heterocycles. The summed E-state index contributed by atoms with van der Waals surface area (Å²) in [5, 5.41) is 0. The van der Waals surface area contributed by atoms with Crippen LogP contribution in [0.5, 0.6) is 0 Å². The fourth-order valence-electron chi connectivity index (χ4n) is 1.79. The number of hydrogen-bond acceptors (Lipinski definition) is 3. The molecular weight excluding hydrogens is 212 g/mol. The molecule has 0 fully saturated rings. The second kappa shape index (κ2) is 4.86. The van der Waals surface area contributed by atoms with Crippen molar-refractivity contribution in [3.05, 3.63) is 23.4 Å². The second-order valence-electron chi connectivity index (χ2n) is 5.68. The van der Waals surface area contributed by atoms with E-state index in [1.807, 2.05) is 20.0 Å². The zero-order chi connectivity index (χ0) is 13.2. The van der Waals surface area contributed by atoms with Gasteiger partial charge in [0.05, 0.1) is 0 Å². The van der Waals surface area contributed by atoms with Crippen LogP contribution in [0.3, 0.4) is 0 Å². The van der Waals surface area contributed by atoms with Gasteiger partial charge in [-0.2, -0.15) is 0 Å². The third-order valence-electron chi connectivity index (χ3n) is 3.38. The van der Waals surface area contributed by atoms with Crippen molar-refractivity contribution in [2.45, 2.75) is 40.7 Å². The van der Waals surface area contributed by atoms with Crippen LogP contribution in [0.25, 0.3) is 0 Å². The van der Waals surface area contributed by atoms with Crippen molar-refractivity contribution in [1.82, 2.24) is 4.98 Å². The van der Waals surface area contributed by atoms with Gasteiger partial charge in [-0.15, -0.1) is 0 Å². The van der Waals surface area contributed by atoms with Gasteiger partial charge in [-0.3, -0.25) is 4.79 Å². The van der Waals surface area contributed by atoms with Crippen LogP contribution in [-0.2, 0) is 0 Å². The molecule has 1 aromatic rings. The lowest BCUT2D eigenvalue weighted by atomic mass is 9.87. The van der Waals surface area contributed by atoms with Crippen LogP contribution in [0, 0.1) is 12.3 Å². The van der Waals surface area contributed by atoms with Crippen LogP contribution in [-0.4, -0.2) is 24.4 Å². The summed E-state index contributed by atoms with van der Waals surface area (Å²) in [4.78, 5) is 17.2.